The lowest BCUT2D eigenvalue weighted by Crippen LogP contribution is -2.16. The Hall–Kier alpha value is -2.66. The lowest BCUT2D eigenvalue weighted by molar-refractivity contribution is 0.600. The SMILES string of the molecule is Cc1cc(NS(=O)(=O)c2cccnc2C#N)ncc1N. The van der Waals surface area contributed by atoms with Crippen LogP contribution in [0.15, 0.2) is 35.5 Å². The minimum absolute atomic E-state index is 0.129. The Morgan fingerprint density at radius 3 is 2.80 bits per heavy atom. The Labute approximate surface area is 116 Å². The van der Waals surface area contributed by atoms with E-state index in [1.807, 2.05) is 0 Å². The minimum atomic E-state index is -3.92. The highest BCUT2D eigenvalue weighted by Crippen LogP contribution is 2.19. The molecule has 2 rings (SSSR count). The summed E-state index contributed by atoms with van der Waals surface area (Å²) in [5.74, 6) is 0.129. The van der Waals surface area contributed by atoms with E-state index >= 15 is 0 Å². The summed E-state index contributed by atoms with van der Waals surface area (Å²) in [7, 11) is -3.92. The monoisotopic (exact) mass is 289 g/mol. The Morgan fingerprint density at radius 2 is 2.15 bits per heavy atom. The molecule has 102 valence electrons. The van der Waals surface area contributed by atoms with Crippen molar-refractivity contribution in [1.29, 1.82) is 5.26 Å². The molecule has 0 unspecified atom stereocenters. The maximum atomic E-state index is 12.2. The second kappa shape index (κ2) is 5.14. The number of sulfonamides is 1. The topological polar surface area (TPSA) is 122 Å². The molecule has 0 amide bonds. The van der Waals surface area contributed by atoms with Gasteiger partial charge in [0.25, 0.3) is 10.0 Å². The first kappa shape index (κ1) is 13.8. The van der Waals surface area contributed by atoms with Crippen LogP contribution in [0.1, 0.15) is 11.3 Å². The number of nitrogens with one attached hydrogen (secondary N) is 1. The zero-order chi connectivity index (χ0) is 14.8. The molecule has 3 N–H and O–H groups in total. The van der Waals surface area contributed by atoms with Gasteiger partial charge in [0.2, 0.25) is 0 Å². The van der Waals surface area contributed by atoms with E-state index in [2.05, 4.69) is 14.7 Å². The molecule has 0 aliphatic rings. The number of rotatable bonds is 3. The number of hydrogen-bond acceptors (Lipinski definition) is 6. The molecule has 20 heavy (non-hydrogen) atoms. The molecule has 8 heteroatoms. The fourth-order valence-corrected chi connectivity index (χ4v) is 2.61. The molecule has 0 atom stereocenters. The number of nitriles is 1. The molecule has 0 saturated carbocycles. The normalized spacial score (nSPS) is 10.8. The molecule has 2 aromatic heterocycles. The van der Waals surface area contributed by atoms with Gasteiger partial charge in [-0.05, 0) is 30.7 Å². The van der Waals surface area contributed by atoms with E-state index in [9.17, 15) is 8.42 Å². The predicted molar refractivity (Wildman–Crippen MR) is 73.1 cm³/mol. The quantitative estimate of drug-likeness (QED) is 0.870. The molecule has 0 radical (unpaired) electrons. The van der Waals surface area contributed by atoms with E-state index < -0.39 is 10.0 Å². The van der Waals surface area contributed by atoms with Crippen molar-refractivity contribution in [2.24, 2.45) is 0 Å². The number of nitrogen functional groups attached to an aromatic ring is 1. The second-order valence-electron chi connectivity index (χ2n) is 3.99. The van der Waals surface area contributed by atoms with Crippen LogP contribution in [-0.4, -0.2) is 18.4 Å². The Morgan fingerprint density at radius 1 is 1.40 bits per heavy atom. The summed E-state index contributed by atoms with van der Waals surface area (Å²) >= 11 is 0. The van der Waals surface area contributed by atoms with Gasteiger partial charge in [-0.3, -0.25) is 4.72 Å². The van der Waals surface area contributed by atoms with Gasteiger partial charge in [-0.2, -0.15) is 5.26 Å². The second-order valence-corrected chi connectivity index (χ2v) is 5.64. The lowest BCUT2D eigenvalue weighted by atomic mass is 10.2. The molecule has 0 fully saturated rings. The highest BCUT2D eigenvalue weighted by molar-refractivity contribution is 7.92. The van der Waals surface area contributed by atoms with Gasteiger partial charge in [0.05, 0.1) is 11.9 Å². The Kier molecular flexibility index (Phi) is 3.54. The maximum Gasteiger partial charge on any atom is 0.265 e. The van der Waals surface area contributed by atoms with Crippen molar-refractivity contribution >= 4 is 21.5 Å². The van der Waals surface area contributed by atoms with Crippen molar-refractivity contribution < 1.29 is 8.42 Å². The number of aromatic nitrogens is 2. The highest BCUT2D eigenvalue weighted by atomic mass is 32.2. The van der Waals surface area contributed by atoms with Gasteiger partial charge in [-0.15, -0.1) is 0 Å². The number of aryl methyl sites for hydroxylation is 1. The molecule has 0 bridgehead atoms. The van der Waals surface area contributed by atoms with Crippen LogP contribution >= 0.6 is 0 Å². The number of hydrogen-bond donors (Lipinski definition) is 2. The summed E-state index contributed by atoms with van der Waals surface area (Å²) in [5, 5.41) is 8.89. The van der Waals surface area contributed by atoms with Gasteiger partial charge < -0.3 is 5.73 Å². The standard InChI is InChI=1S/C12H11N5O2S/c1-8-5-12(16-7-9(8)14)17-20(18,19)11-3-2-4-15-10(11)6-13/h2-5,7H,14H2,1H3,(H,16,17). The third kappa shape index (κ3) is 2.67. The molecular weight excluding hydrogens is 278 g/mol. The van der Waals surface area contributed by atoms with Crippen molar-refractivity contribution in [2.75, 3.05) is 10.5 Å². The van der Waals surface area contributed by atoms with Crippen LogP contribution in [-0.2, 0) is 10.0 Å². The largest absolute Gasteiger partial charge is 0.397 e. The average Bonchev–Trinajstić information content (AvgIpc) is 2.42. The predicted octanol–water partition coefficient (Wildman–Crippen LogP) is 1.04. The van der Waals surface area contributed by atoms with Gasteiger partial charge in [-0.1, -0.05) is 0 Å². The Balaban J connectivity index is 2.41. The van der Waals surface area contributed by atoms with Crippen molar-refractivity contribution in [3.8, 4) is 6.07 Å². The Bertz CT molecular complexity index is 796. The summed E-state index contributed by atoms with van der Waals surface area (Å²) < 4.78 is 26.7. The lowest BCUT2D eigenvalue weighted by Gasteiger charge is -2.09. The molecule has 2 heterocycles. The van der Waals surface area contributed by atoms with Crippen LogP contribution in [0.3, 0.4) is 0 Å². The summed E-state index contributed by atoms with van der Waals surface area (Å²) in [5.41, 5.74) is 6.61. The molecule has 0 aliphatic carbocycles. The summed E-state index contributed by atoms with van der Waals surface area (Å²) in [6, 6.07) is 5.99. The first-order chi connectivity index (χ1) is 9.44. The van der Waals surface area contributed by atoms with E-state index in [1.165, 1.54) is 30.6 Å². The van der Waals surface area contributed by atoms with E-state index in [-0.39, 0.29) is 16.4 Å². The van der Waals surface area contributed by atoms with Gasteiger partial charge >= 0.3 is 0 Å². The molecule has 0 aliphatic heterocycles. The van der Waals surface area contributed by atoms with Crippen molar-refractivity contribution in [3.05, 3.63) is 41.9 Å². The van der Waals surface area contributed by atoms with Crippen molar-refractivity contribution in [3.63, 3.8) is 0 Å². The van der Waals surface area contributed by atoms with E-state index in [0.29, 0.717) is 11.3 Å². The summed E-state index contributed by atoms with van der Waals surface area (Å²) in [6.07, 6.45) is 2.71. The van der Waals surface area contributed by atoms with Crippen LogP contribution in [0.2, 0.25) is 0 Å². The van der Waals surface area contributed by atoms with Crippen LogP contribution < -0.4 is 10.5 Å². The number of pyridine rings is 2. The number of nitrogens with zero attached hydrogens (tertiary/aromatic N) is 3. The van der Waals surface area contributed by atoms with E-state index in [1.54, 1.807) is 13.0 Å². The van der Waals surface area contributed by atoms with Gasteiger partial charge in [0.1, 0.15) is 16.8 Å². The highest BCUT2D eigenvalue weighted by Gasteiger charge is 2.20. The van der Waals surface area contributed by atoms with Gasteiger partial charge in [-0.25, -0.2) is 18.4 Å². The zero-order valence-corrected chi connectivity index (χ0v) is 11.3. The summed E-state index contributed by atoms with van der Waals surface area (Å²) in [6.45, 7) is 1.74. The summed E-state index contributed by atoms with van der Waals surface area (Å²) in [4.78, 5) is 7.41. The van der Waals surface area contributed by atoms with Crippen LogP contribution in [0.4, 0.5) is 11.5 Å². The van der Waals surface area contributed by atoms with Gasteiger partial charge in [0.15, 0.2) is 5.69 Å². The molecular formula is C12H11N5O2S. The van der Waals surface area contributed by atoms with Crippen LogP contribution in [0, 0.1) is 18.3 Å². The molecule has 0 saturated heterocycles. The number of anilines is 2. The third-order valence-corrected chi connectivity index (χ3v) is 3.94. The minimum Gasteiger partial charge on any atom is -0.397 e. The maximum absolute atomic E-state index is 12.2. The first-order valence-electron chi connectivity index (χ1n) is 5.54. The van der Waals surface area contributed by atoms with Crippen molar-refractivity contribution in [1.82, 2.24) is 9.97 Å². The van der Waals surface area contributed by atoms with Crippen LogP contribution in [0.5, 0.6) is 0 Å². The van der Waals surface area contributed by atoms with Crippen LogP contribution in [0.25, 0.3) is 0 Å². The molecule has 0 aromatic carbocycles. The van der Waals surface area contributed by atoms with Gasteiger partial charge in [0, 0.05) is 6.20 Å². The smallest absolute Gasteiger partial charge is 0.265 e. The molecule has 0 spiro atoms. The number of nitrogens with two attached hydrogens (primary N) is 1. The fourth-order valence-electron chi connectivity index (χ4n) is 1.51. The zero-order valence-electron chi connectivity index (χ0n) is 10.5. The first-order valence-corrected chi connectivity index (χ1v) is 7.02. The van der Waals surface area contributed by atoms with E-state index in [4.69, 9.17) is 11.0 Å². The molecule has 7 nitrogen and oxygen atoms in total. The average molecular weight is 289 g/mol. The fraction of sp³-hybridized carbons (Fsp3) is 0.0833. The van der Waals surface area contributed by atoms with E-state index in [0.717, 1.165) is 0 Å². The molecule has 2 aromatic rings. The van der Waals surface area contributed by atoms with Crippen molar-refractivity contribution in [2.45, 2.75) is 11.8 Å². The third-order valence-electron chi connectivity index (χ3n) is 2.56.